The maximum absolute atomic E-state index is 8.74. The Morgan fingerprint density at radius 2 is 1.94 bits per heavy atom. The Balaban J connectivity index is 2.12. The van der Waals surface area contributed by atoms with Crippen molar-refractivity contribution in [1.82, 2.24) is 4.98 Å². The van der Waals surface area contributed by atoms with Crippen LogP contribution in [0.3, 0.4) is 0 Å². The molecule has 1 aromatic heterocycles. The van der Waals surface area contributed by atoms with Gasteiger partial charge in [-0.1, -0.05) is 29.8 Å². The van der Waals surface area contributed by atoms with Crippen molar-refractivity contribution in [3.05, 3.63) is 58.7 Å². The molecule has 3 nitrogen and oxygen atoms in total. The molecule has 0 fully saturated rings. The van der Waals surface area contributed by atoms with Crippen LogP contribution in [0.15, 0.2) is 42.5 Å². The SMILES string of the molecule is CC(Nc1cccc(Cl)n1)c1ccc(C#N)cc1. The molecule has 4 heteroatoms. The van der Waals surface area contributed by atoms with E-state index in [-0.39, 0.29) is 6.04 Å². The summed E-state index contributed by atoms with van der Waals surface area (Å²) in [5.74, 6) is 0.736. The third-order valence-electron chi connectivity index (χ3n) is 2.62. The number of pyridine rings is 1. The summed E-state index contributed by atoms with van der Waals surface area (Å²) in [5, 5.41) is 12.5. The zero-order chi connectivity index (χ0) is 13.0. The first-order valence-electron chi connectivity index (χ1n) is 5.58. The summed E-state index contributed by atoms with van der Waals surface area (Å²) in [6.07, 6.45) is 0. The Morgan fingerprint density at radius 3 is 2.56 bits per heavy atom. The average molecular weight is 258 g/mol. The molecule has 1 atom stereocenters. The van der Waals surface area contributed by atoms with E-state index in [1.54, 1.807) is 18.2 Å². The molecule has 1 N–H and O–H groups in total. The smallest absolute Gasteiger partial charge is 0.131 e. The number of nitrogens with one attached hydrogen (secondary N) is 1. The van der Waals surface area contributed by atoms with Crippen molar-refractivity contribution in [1.29, 1.82) is 5.26 Å². The molecular formula is C14H12ClN3. The number of benzene rings is 1. The van der Waals surface area contributed by atoms with Crippen LogP contribution in [0.4, 0.5) is 5.82 Å². The molecule has 1 aromatic carbocycles. The first-order valence-corrected chi connectivity index (χ1v) is 5.96. The highest BCUT2D eigenvalue weighted by Crippen LogP contribution is 2.19. The number of nitriles is 1. The lowest BCUT2D eigenvalue weighted by Crippen LogP contribution is -2.07. The number of anilines is 1. The predicted octanol–water partition coefficient (Wildman–Crippen LogP) is 3.78. The van der Waals surface area contributed by atoms with Gasteiger partial charge in [-0.05, 0) is 36.8 Å². The van der Waals surface area contributed by atoms with Crippen LogP contribution in [-0.2, 0) is 0 Å². The molecule has 0 saturated heterocycles. The first kappa shape index (κ1) is 12.4. The van der Waals surface area contributed by atoms with Crippen molar-refractivity contribution in [2.45, 2.75) is 13.0 Å². The highest BCUT2D eigenvalue weighted by atomic mass is 35.5. The quantitative estimate of drug-likeness (QED) is 0.852. The van der Waals surface area contributed by atoms with E-state index in [0.717, 1.165) is 11.4 Å². The second-order valence-electron chi connectivity index (χ2n) is 3.95. The molecule has 0 spiro atoms. The van der Waals surface area contributed by atoms with Crippen molar-refractivity contribution in [3.8, 4) is 6.07 Å². The van der Waals surface area contributed by atoms with E-state index in [1.165, 1.54) is 0 Å². The monoisotopic (exact) mass is 257 g/mol. The molecule has 0 aliphatic rings. The van der Waals surface area contributed by atoms with Gasteiger partial charge in [0.1, 0.15) is 11.0 Å². The second-order valence-corrected chi connectivity index (χ2v) is 4.33. The number of hydrogen-bond donors (Lipinski definition) is 1. The number of rotatable bonds is 3. The number of aromatic nitrogens is 1. The number of hydrogen-bond acceptors (Lipinski definition) is 3. The van der Waals surface area contributed by atoms with Crippen molar-refractivity contribution < 1.29 is 0 Å². The second kappa shape index (κ2) is 5.52. The lowest BCUT2D eigenvalue weighted by molar-refractivity contribution is 0.874. The fourth-order valence-electron chi connectivity index (χ4n) is 1.64. The molecular weight excluding hydrogens is 246 g/mol. The number of halogens is 1. The van der Waals surface area contributed by atoms with E-state index in [4.69, 9.17) is 16.9 Å². The molecule has 1 unspecified atom stereocenters. The van der Waals surface area contributed by atoms with E-state index in [2.05, 4.69) is 16.4 Å². The summed E-state index contributed by atoms with van der Waals surface area (Å²) in [6.45, 7) is 2.03. The van der Waals surface area contributed by atoms with Crippen LogP contribution in [0.5, 0.6) is 0 Å². The van der Waals surface area contributed by atoms with E-state index in [9.17, 15) is 0 Å². The Labute approximate surface area is 111 Å². The Kier molecular flexibility index (Phi) is 3.81. The minimum atomic E-state index is 0.101. The maximum Gasteiger partial charge on any atom is 0.131 e. The maximum atomic E-state index is 8.74. The highest BCUT2D eigenvalue weighted by molar-refractivity contribution is 6.29. The first-order chi connectivity index (χ1) is 8.69. The van der Waals surface area contributed by atoms with E-state index in [1.807, 2.05) is 31.2 Å². The Morgan fingerprint density at radius 1 is 1.22 bits per heavy atom. The molecule has 0 amide bonds. The molecule has 18 heavy (non-hydrogen) atoms. The molecule has 2 rings (SSSR count). The zero-order valence-corrected chi connectivity index (χ0v) is 10.6. The van der Waals surface area contributed by atoms with Crippen LogP contribution >= 0.6 is 11.6 Å². The van der Waals surface area contributed by atoms with Gasteiger partial charge in [0.25, 0.3) is 0 Å². The van der Waals surface area contributed by atoms with Crippen LogP contribution in [0.2, 0.25) is 5.15 Å². The van der Waals surface area contributed by atoms with Gasteiger partial charge in [0, 0.05) is 6.04 Å². The zero-order valence-electron chi connectivity index (χ0n) is 9.89. The van der Waals surface area contributed by atoms with Gasteiger partial charge in [0.2, 0.25) is 0 Å². The summed E-state index contributed by atoms with van der Waals surface area (Å²) in [5.41, 5.74) is 1.75. The van der Waals surface area contributed by atoms with Gasteiger partial charge in [-0.15, -0.1) is 0 Å². The molecule has 0 saturated carbocycles. The molecule has 0 aliphatic carbocycles. The fraction of sp³-hybridized carbons (Fsp3) is 0.143. The topological polar surface area (TPSA) is 48.7 Å². The highest BCUT2D eigenvalue weighted by Gasteiger charge is 2.06. The van der Waals surface area contributed by atoms with Gasteiger partial charge in [-0.2, -0.15) is 5.26 Å². The van der Waals surface area contributed by atoms with Gasteiger partial charge in [0.15, 0.2) is 0 Å². The van der Waals surface area contributed by atoms with E-state index in [0.29, 0.717) is 10.7 Å². The molecule has 0 bridgehead atoms. The van der Waals surface area contributed by atoms with Gasteiger partial charge in [-0.25, -0.2) is 4.98 Å². The van der Waals surface area contributed by atoms with Gasteiger partial charge < -0.3 is 5.32 Å². The lowest BCUT2D eigenvalue weighted by Gasteiger charge is -2.15. The molecule has 90 valence electrons. The summed E-state index contributed by atoms with van der Waals surface area (Å²) in [6, 6.07) is 15.1. The van der Waals surface area contributed by atoms with E-state index >= 15 is 0 Å². The molecule has 0 aliphatic heterocycles. The summed E-state index contributed by atoms with van der Waals surface area (Å²) >= 11 is 5.83. The third-order valence-corrected chi connectivity index (χ3v) is 2.83. The molecule has 1 heterocycles. The summed E-state index contributed by atoms with van der Waals surface area (Å²) in [7, 11) is 0. The summed E-state index contributed by atoms with van der Waals surface area (Å²) < 4.78 is 0. The van der Waals surface area contributed by atoms with Gasteiger partial charge in [-0.3, -0.25) is 0 Å². The normalized spacial score (nSPS) is 11.6. The Bertz CT molecular complexity index is 572. The van der Waals surface area contributed by atoms with E-state index < -0.39 is 0 Å². The minimum Gasteiger partial charge on any atom is -0.364 e. The van der Waals surface area contributed by atoms with Crippen molar-refractivity contribution in [2.24, 2.45) is 0 Å². The predicted molar refractivity (Wildman–Crippen MR) is 72.4 cm³/mol. The average Bonchev–Trinajstić information content (AvgIpc) is 2.39. The number of nitrogens with zero attached hydrogens (tertiary/aromatic N) is 2. The van der Waals surface area contributed by atoms with Gasteiger partial charge in [0.05, 0.1) is 11.6 Å². The van der Waals surface area contributed by atoms with Crippen LogP contribution in [0, 0.1) is 11.3 Å². The standard InChI is InChI=1S/C14H12ClN3/c1-10(12-7-5-11(9-16)6-8-12)17-14-4-2-3-13(15)18-14/h2-8,10H,1H3,(H,17,18). The van der Waals surface area contributed by atoms with Gasteiger partial charge >= 0.3 is 0 Å². The van der Waals surface area contributed by atoms with Crippen molar-refractivity contribution >= 4 is 17.4 Å². The van der Waals surface area contributed by atoms with Crippen molar-refractivity contribution in [3.63, 3.8) is 0 Å². The largest absolute Gasteiger partial charge is 0.364 e. The fourth-order valence-corrected chi connectivity index (χ4v) is 1.80. The van der Waals surface area contributed by atoms with Crippen molar-refractivity contribution in [2.75, 3.05) is 5.32 Å². The molecule has 2 aromatic rings. The minimum absolute atomic E-state index is 0.101. The molecule has 0 radical (unpaired) electrons. The Hall–Kier alpha value is -2.05. The van der Waals surface area contributed by atoms with Crippen LogP contribution in [0.1, 0.15) is 24.1 Å². The third kappa shape index (κ3) is 2.99. The van der Waals surface area contributed by atoms with Crippen LogP contribution in [0.25, 0.3) is 0 Å². The summed E-state index contributed by atoms with van der Waals surface area (Å²) in [4.78, 5) is 4.17. The lowest BCUT2D eigenvalue weighted by atomic mass is 10.1. The van der Waals surface area contributed by atoms with Crippen LogP contribution in [-0.4, -0.2) is 4.98 Å². The van der Waals surface area contributed by atoms with Crippen LogP contribution < -0.4 is 5.32 Å².